The van der Waals surface area contributed by atoms with Crippen molar-refractivity contribution >= 4 is 16.8 Å². The van der Waals surface area contributed by atoms with Crippen LogP contribution in [-0.4, -0.2) is 15.5 Å². The highest BCUT2D eigenvalue weighted by Crippen LogP contribution is 2.23. The molecule has 0 aliphatic carbocycles. The summed E-state index contributed by atoms with van der Waals surface area (Å²) >= 11 is 0. The monoisotopic (exact) mass is 355 g/mol. The summed E-state index contributed by atoms with van der Waals surface area (Å²) in [6.45, 7) is 1.24. The molecule has 4 rings (SSSR count). The third kappa shape index (κ3) is 4.06. The molecule has 0 saturated heterocycles. The number of aromatic nitrogens is 2. The van der Waals surface area contributed by atoms with Gasteiger partial charge in [-0.2, -0.15) is 0 Å². The zero-order valence-electron chi connectivity index (χ0n) is 15.0. The lowest BCUT2D eigenvalue weighted by molar-refractivity contribution is -0.120. The summed E-state index contributed by atoms with van der Waals surface area (Å²) in [4.78, 5) is 16.7. The smallest absolute Gasteiger partial charge is 0.224 e. The molecule has 0 saturated carbocycles. The molecule has 2 heterocycles. The molecule has 27 heavy (non-hydrogen) atoms. The Kier molecular flexibility index (Phi) is 4.97. The second-order valence-corrected chi connectivity index (χ2v) is 6.56. The van der Waals surface area contributed by atoms with Crippen molar-refractivity contribution in [1.29, 1.82) is 0 Å². The van der Waals surface area contributed by atoms with Gasteiger partial charge in [0.05, 0.1) is 18.7 Å². The van der Waals surface area contributed by atoms with Crippen LogP contribution in [0, 0.1) is 0 Å². The van der Waals surface area contributed by atoms with Gasteiger partial charge in [0.2, 0.25) is 5.91 Å². The third-order valence-electron chi connectivity index (χ3n) is 4.61. The first kappa shape index (κ1) is 17.0. The highest BCUT2D eigenvalue weighted by atomic mass is 16.1. The lowest BCUT2D eigenvalue weighted by Crippen LogP contribution is -2.24. The molecule has 0 radical (unpaired) electrons. The van der Waals surface area contributed by atoms with E-state index in [1.165, 1.54) is 5.56 Å². The van der Waals surface area contributed by atoms with Gasteiger partial charge < -0.3 is 9.88 Å². The molecule has 0 fully saturated rings. The molecule has 134 valence electrons. The molecule has 1 amide bonds. The van der Waals surface area contributed by atoms with E-state index in [-0.39, 0.29) is 5.91 Å². The Morgan fingerprint density at radius 2 is 1.70 bits per heavy atom. The van der Waals surface area contributed by atoms with Crippen LogP contribution in [0.4, 0.5) is 0 Å². The summed E-state index contributed by atoms with van der Waals surface area (Å²) < 4.78 is 2.21. The minimum atomic E-state index is 0.00303. The van der Waals surface area contributed by atoms with Crippen LogP contribution in [0.3, 0.4) is 0 Å². The van der Waals surface area contributed by atoms with Crippen LogP contribution >= 0.6 is 0 Å². The number of carbonyl (C=O) groups is 1. The third-order valence-corrected chi connectivity index (χ3v) is 4.61. The number of carbonyl (C=O) groups excluding carboxylic acids is 1. The molecule has 2 aromatic carbocycles. The molecule has 0 atom stereocenters. The Morgan fingerprint density at radius 3 is 2.52 bits per heavy atom. The van der Waals surface area contributed by atoms with Gasteiger partial charge in [-0.05, 0) is 29.3 Å². The molecule has 1 N–H and O–H groups in total. The van der Waals surface area contributed by atoms with Crippen molar-refractivity contribution in [3.05, 3.63) is 102 Å². The van der Waals surface area contributed by atoms with Gasteiger partial charge in [-0.25, -0.2) is 0 Å². The maximum Gasteiger partial charge on any atom is 0.224 e. The first-order valence-corrected chi connectivity index (χ1v) is 9.07. The van der Waals surface area contributed by atoms with Gasteiger partial charge in [-0.3, -0.25) is 9.78 Å². The fourth-order valence-corrected chi connectivity index (χ4v) is 3.30. The largest absolute Gasteiger partial charge is 0.350 e. The van der Waals surface area contributed by atoms with Crippen LogP contribution in [0.5, 0.6) is 0 Å². The Hall–Kier alpha value is -3.40. The van der Waals surface area contributed by atoms with Gasteiger partial charge in [-0.1, -0.05) is 54.6 Å². The lowest BCUT2D eigenvalue weighted by atomic mass is 10.1. The van der Waals surface area contributed by atoms with Gasteiger partial charge in [0.15, 0.2) is 0 Å². The van der Waals surface area contributed by atoms with Gasteiger partial charge in [0.25, 0.3) is 0 Å². The first-order valence-electron chi connectivity index (χ1n) is 9.07. The van der Waals surface area contributed by atoms with Crippen molar-refractivity contribution in [2.45, 2.75) is 19.5 Å². The molecular weight excluding hydrogens is 334 g/mol. The van der Waals surface area contributed by atoms with Crippen LogP contribution in [0.1, 0.15) is 16.8 Å². The van der Waals surface area contributed by atoms with Crippen molar-refractivity contribution in [3.8, 4) is 0 Å². The number of rotatable bonds is 6. The van der Waals surface area contributed by atoms with Crippen LogP contribution < -0.4 is 5.32 Å². The summed E-state index contributed by atoms with van der Waals surface area (Å²) in [5.41, 5.74) is 4.29. The van der Waals surface area contributed by atoms with E-state index in [2.05, 4.69) is 45.3 Å². The van der Waals surface area contributed by atoms with E-state index in [1.54, 1.807) is 6.20 Å². The molecule has 4 heteroatoms. The van der Waals surface area contributed by atoms with E-state index in [0.29, 0.717) is 13.0 Å². The topological polar surface area (TPSA) is 46.9 Å². The minimum absolute atomic E-state index is 0.00303. The zero-order valence-corrected chi connectivity index (χ0v) is 15.0. The number of benzene rings is 2. The highest BCUT2D eigenvalue weighted by molar-refractivity contribution is 5.89. The van der Waals surface area contributed by atoms with Crippen LogP contribution in [0.15, 0.2) is 85.2 Å². The maximum atomic E-state index is 12.4. The zero-order chi connectivity index (χ0) is 18.5. The number of pyridine rings is 1. The molecule has 0 aliphatic rings. The van der Waals surface area contributed by atoms with Gasteiger partial charge in [-0.15, -0.1) is 0 Å². The number of nitrogens with zero attached hydrogens (tertiary/aromatic N) is 2. The van der Waals surface area contributed by atoms with Gasteiger partial charge in [0, 0.05) is 29.8 Å². The molecule has 2 aromatic heterocycles. The van der Waals surface area contributed by atoms with E-state index >= 15 is 0 Å². The lowest BCUT2D eigenvalue weighted by Gasteiger charge is -2.05. The molecule has 0 spiro atoms. The van der Waals surface area contributed by atoms with Crippen LogP contribution in [0.25, 0.3) is 10.9 Å². The number of hydrogen-bond donors (Lipinski definition) is 1. The van der Waals surface area contributed by atoms with E-state index in [4.69, 9.17) is 0 Å². The molecule has 0 aliphatic heterocycles. The number of fused-ring (bicyclic) bond motifs is 1. The summed E-state index contributed by atoms with van der Waals surface area (Å²) in [5.74, 6) is 0.00303. The average Bonchev–Trinajstić information content (AvgIpc) is 3.05. The fraction of sp³-hybridized carbons (Fsp3) is 0.130. The maximum absolute atomic E-state index is 12.4. The average molecular weight is 355 g/mol. The fourth-order valence-electron chi connectivity index (χ4n) is 3.30. The van der Waals surface area contributed by atoms with Crippen LogP contribution in [0.2, 0.25) is 0 Å². The SMILES string of the molecule is O=C(Cc1cn(Cc2ccccc2)c2ccccc12)NCc1ccccn1. The highest BCUT2D eigenvalue weighted by Gasteiger charge is 2.12. The Bertz CT molecular complexity index is 1040. The quantitative estimate of drug-likeness (QED) is 0.569. The predicted octanol–water partition coefficient (Wildman–Crippen LogP) is 3.94. The van der Waals surface area contributed by atoms with Crippen LogP contribution in [-0.2, 0) is 24.3 Å². The predicted molar refractivity (Wildman–Crippen MR) is 107 cm³/mol. The summed E-state index contributed by atoms with van der Waals surface area (Å²) in [7, 11) is 0. The van der Waals surface area contributed by atoms with E-state index in [0.717, 1.165) is 28.7 Å². The Balaban J connectivity index is 1.52. The molecular formula is C23H21N3O. The molecule has 0 bridgehead atoms. The van der Waals surface area contributed by atoms with E-state index in [1.807, 2.05) is 48.5 Å². The summed E-state index contributed by atoms with van der Waals surface area (Å²) in [6.07, 6.45) is 4.19. The van der Waals surface area contributed by atoms with Crippen molar-refractivity contribution < 1.29 is 4.79 Å². The van der Waals surface area contributed by atoms with E-state index in [9.17, 15) is 4.79 Å². The second-order valence-electron chi connectivity index (χ2n) is 6.56. The minimum Gasteiger partial charge on any atom is -0.350 e. The van der Waals surface area contributed by atoms with Gasteiger partial charge in [0.1, 0.15) is 0 Å². The van der Waals surface area contributed by atoms with Crippen molar-refractivity contribution in [3.63, 3.8) is 0 Å². The Labute approximate surface area is 158 Å². The van der Waals surface area contributed by atoms with E-state index < -0.39 is 0 Å². The van der Waals surface area contributed by atoms with Crippen molar-refractivity contribution in [2.24, 2.45) is 0 Å². The Morgan fingerprint density at radius 1 is 0.926 bits per heavy atom. The normalized spacial score (nSPS) is 10.8. The van der Waals surface area contributed by atoms with Crippen molar-refractivity contribution in [2.75, 3.05) is 0 Å². The summed E-state index contributed by atoms with van der Waals surface area (Å²) in [6, 6.07) is 24.3. The van der Waals surface area contributed by atoms with Gasteiger partial charge >= 0.3 is 0 Å². The number of para-hydroxylation sites is 1. The molecule has 4 nitrogen and oxygen atoms in total. The molecule has 4 aromatic rings. The number of hydrogen-bond acceptors (Lipinski definition) is 2. The van der Waals surface area contributed by atoms with Crippen molar-refractivity contribution in [1.82, 2.24) is 14.9 Å². The first-order chi connectivity index (χ1) is 13.3. The summed E-state index contributed by atoms with van der Waals surface area (Å²) in [5, 5.41) is 4.09. The number of nitrogens with one attached hydrogen (secondary N) is 1. The number of amides is 1. The second kappa shape index (κ2) is 7.87. The molecule has 0 unspecified atom stereocenters. The standard InChI is InChI=1S/C23H21N3O/c27-23(25-15-20-10-6-7-13-24-20)14-19-17-26(16-18-8-2-1-3-9-18)22-12-5-4-11-21(19)22/h1-13,17H,14-16H2,(H,25,27).